The highest BCUT2D eigenvalue weighted by Crippen LogP contribution is 2.29. The van der Waals surface area contributed by atoms with Gasteiger partial charge in [0.25, 0.3) is 5.91 Å². The molecule has 4 aromatic rings. The van der Waals surface area contributed by atoms with Crippen LogP contribution in [0.3, 0.4) is 0 Å². The van der Waals surface area contributed by atoms with Crippen molar-refractivity contribution in [2.24, 2.45) is 0 Å². The van der Waals surface area contributed by atoms with Crippen molar-refractivity contribution < 1.29 is 9.53 Å². The van der Waals surface area contributed by atoms with Gasteiger partial charge in [0.15, 0.2) is 5.06 Å². The zero-order valence-electron chi connectivity index (χ0n) is 17.7. The maximum Gasteiger partial charge on any atom is 0.255 e. The van der Waals surface area contributed by atoms with Crippen LogP contribution >= 0.6 is 11.3 Å². The van der Waals surface area contributed by atoms with E-state index in [0.717, 1.165) is 21.3 Å². The van der Waals surface area contributed by atoms with Crippen LogP contribution in [0.2, 0.25) is 0 Å². The van der Waals surface area contributed by atoms with Gasteiger partial charge in [0, 0.05) is 11.4 Å². The van der Waals surface area contributed by atoms with Crippen molar-refractivity contribution in [3.05, 3.63) is 100 Å². The number of thiophene rings is 1. The predicted molar refractivity (Wildman–Crippen MR) is 129 cm³/mol. The summed E-state index contributed by atoms with van der Waals surface area (Å²) in [7, 11) is 0. The Balaban J connectivity index is 1.31. The number of nitrogen functional groups attached to an aromatic ring is 1. The summed E-state index contributed by atoms with van der Waals surface area (Å²) in [6, 6.07) is 25.1. The number of para-hydroxylation sites is 1. The van der Waals surface area contributed by atoms with Crippen LogP contribution in [0.1, 0.15) is 26.4 Å². The fourth-order valence-corrected chi connectivity index (χ4v) is 3.85. The van der Waals surface area contributed by atoms with Gasteiger partial charge in [0.1, 0.15) is 17.4 Å². The Morgan fingerprint density at radius 1 is 0.969 bits per heavy atom. The summed E-state index contributed by atoms with van der Waals surface area (Å²) in [5.41, 5.74) is 8.75. The number of nitrogens with zero attached hydrogens (tertiary/aromatic N) is 1. The van der Waals surface area contributed by atoms with E-state index in [4.69, 9.17) is 10.5 Å². The molecule has 4 rings (SSSR count). The molecule has 1 amide bonds. The van der Waals surface area contributed by atoms with Crippen molar-refractivity contribution >= 4 is 28.9 Å². The number of nitrogens with two attached hydrogens (primary N) is 1. The van der Waals surface area contributed by atoms with E-state index in [0.29, 0.717) is 24.5 Å². The summed E-state index contributed by atoms with van der Waals surface area (Å²) in [5, 5.41) is 6.89. The van der Waals surface area contributed by atoms with Gasteiger partial charge in [-0.1, -0.05) is 48.0 Å². The van der Waals surface area contributed by atoms with Crippen molar-refractivity contribution in [1.29, 1.82) is 0 Å². The molecule has 0 radical (unpaired) electrons. The molecule has 0 unspecified atom stereocenters. The first-order valence-electron chi connectivity index (χ1n) is 10.2. The zero-order chi connectivity index (χ0) is 22.3. The molecule has 0 aliphatic rings. The van der Waals surface area contributed by atoms with E-state index >= 15 is 0 Å². The summed E-state index contributed by atoms with van der Waals surface area (Å²) in [6.07, 6.45) is 0. The summed E-state index contributed by atoms with van der Waals surface area (Å²) in [6.45, 7) is 3.07. The van der Waals surface area contributed by atoms with Crippen LogP contribution in [0.5, 0.6) is 10.8 Å². The molecule has 6 nitrogen and oxygen atoms in total. The van der Waals surface area contributed by atoms with E-state index in [-0.39, 0.29) is 11.7 Å². The van der Waals surface area contributed by atoms with E-state index < -0.39 is 0 Å². The van der Waals surface area contributed by atoms with Crippen molar-refractivity contribution in [2.45, 2.75) is 20.0 Å². The van der Waals surface area contributed by atoms with Crippen LogP contribution in [0, 0.1) is 6.92 Å². The van der Waals surface area contributed by atoms with Crippen molar-refractivity contribution in [1.82, 2.24) is 10.3 Å². The van der Waals surface area contributed by atoms with Gasteiger partial charge >= 0.3 is 0 Å². The molecule has 2 aromatic carbocycles. The van der Waals surface area contributed by atoms with E-state index in [9.17, 15) is 4.79 Å². The van der Waals surface area contributed by atoms with E-state index in [2.05, 4.69) is 46.8 Å². The standard InChI is InChI=1S/C25H24N4O2S/c1-17-7-9-18(10-8-17)15-27-22-13-12-21(24(26)29-22)25(30)28-16-20-11-14-23(32-20)31-19-5-3-2-4-6-19/h2-14H,15-16H2,1H3,(H,28,30)(H3,26,27,29). The third kappa shape index (κ3) is 5.65. The third-order valence-electron chi connectivity index (χ3n) is 4.79. The van der Waals surface area contributed by atoms with Crippen molar-refractivity contribution in [2.75, 3.05) is 11.1 Å². The number of carbonyl (C=O) groups excluding carboxylic acids is 1. The number of rotatable bonds is 8. The van der Waals surface area contributed by atoms with Crippen molar-refractivity contribution in [3.63, 3.8) is 0 Å². The topological polar surface area (TPSA) is 89.3 Å². The second kappa shape index (κ2) is 9.98. The SMILES string of the molecule is Cc1ccc(CNc2ccc(C(=O)NCc3ccc(Oc4ccccc4)s3)c(N)n2)cc1. The first-order valence-corrected chi connectivity index (χ1v) is 11.0. The van der Waals surface area contributed by atoms with Gasteiger partial charge in [-0.2, -0.15) is 0 Å². The fourth-order valence-electron chi connectivity index (χ4n) is 3.04. The number of aromatic nitrogens is 1. The summed E-state index contributed by atoms with van der Waals surface area (Å²) in [5.74, 6) is 1.33. The minimum Gasteiger partial charge on any atom is -0.447 e. The summed E-state index contributed by atoms with van der Waals surface area (Å²) >= 11 is 1.48. The molecule has 0 saturated carbocycles. The molecule has 0 aliphatic carbocycles. The monoisotopic (exact) mass is 444 g/mol. The van der Waals surface area contributed by atoms with Crippen molar-refractivity contribution in [3.8, 4) is 10.8 Å². The number of pyridine rings is 1. The first kappa shape index (κ1) is 21.4. The van der Waals surface area contributed by atoms with Crippen LogP contribution in [-0.4, -0.2) is 10.9 Å². The largest absolute Gasteiger partial charge is 0.447 e. The molecule has 0 bridgehead atoms. The average Bonchev–Trinajstić information content (AvgIpc) is 3.25. The Labute approximate surface area is 191 Å². The van der Waals surface area contributed by atoms with Crippen LogP contribution in [0.4, 0.5) is 11.6 Å². The number of hydrogen-bond acceptors (Lipinski definition) is 6. The highest BCUT2D eigenvalue weighted by atomic mass is 32.1. The van der Waals surface area contributed by atoms with E-state index in [1.807, 2.05) is 42.5 Å². The Bertz CT molecular complexity index is 1190. The number of benzene rings is 2. The van der Waals surface area contributed by atoms with Gasteiger partial charge in [-0.05, 0) is 48.9 Å². The smallest absolute Gasteiger partial charge is 0.255 e. The summed E-state index contributed by atoms with van der Waals surface area (Å²) < 4.78 is 5.81. The molecule has 32 heavy (non-hydrogen) atoms. The Morgan fingerprint density at radius 3 is 2.50 bits per heavy atom. The van der Waals surface area contributed by atoms with Gasteiger partial charge in [0.05, 0.1) is 12.1 Å². The molecule has 0 aliphatic heterocycles. The van der Waals surface area contributed by atoms with Gasteiger partial charge in [-0.3, -0.25) is 4.79 Å². The third-order valence-corrected chi connectivity index (χ3v) is 5.75. The molecular weight excluding hydrogens is 420 g/mol. The van der Waals surface area contributed by atoms with E-state index in [1.165, 1.54) is 16.9 Å². The molecule has 0 atom stereocenters. The molecule has 0 fully saturated rings. The number of carbonyl (C=O) groups is 1. The maximum atomic E-state index is 12.6. The minimum atomic E-state index is -0.265. The first-order chi connectivity index (χ1) is 15.6. The molecule has 4 N–H and O–H groups in total. The molecule has 0 saturated heterocycles. The second-order valence-electron chi connectivity index (χ2n) is 7.29. The maximum absolute atomic E-state index is 12.6. The number of nitrogens with one attached hydrogen (secondary N) is 2. The number of hydrogen-bond donors (Lipinski definition) is 3. The van der Waals surface area contributed by atoms with Crippen LogP contribution in [0.15, 0.2) is 78.9 Å². The number of anilines is 2. The van der Waals surface area contributed by atoms with Gasteiger partial charge in [-0.15, -0.1) is 11.3 Å². The lowest BCUT2D eigenvalue weighted by Crippen LogP contribution is -2.24. The number of amides is 1. The van der Waals surface area contributed by atoms with Gasteiger partial charge < -0.3 is 21.1 Å². The van der Waals surface area contributed by atoms with Crippen LogP contribution < -0.4 is 21.1 Å². The highest BCUT2D eigenvalue weighted by Gasteiger charge is 2.12. The van der Waals surface area contributed by atoms with E-state index in [1.54, 1.807) is 12.1 Å². The molecule has 0 spiro atoms. The second-order valence-corrected chi connectivity index (χ2v) is 8.42. The number of aryl methyl sites for hydroxylation is 1. The van der Waals surface area contributed by atoms with Gasteiger partial charge in [0.2, 0.25) is 0 Å². The Kier molecular flexibility index (Phi) is 6.67. The molecular formula is C25H24N4O2S. The fraction of sp³-hybridized carbons (Fsp3) is 0.120. The molecule has 2 heterocycles. The minimum absolute atomic E-state index is 0.190. The quantitative estimate of drug-likeness (QED) is 0.340. The Hall–Kier alpha value is -3.84. The lowest BCUT2D eigenvalue weighted by atomic mass is 10.1. The van der Waals surface area contributed by atoms with Gasteiger partial charge in [-0.25, -0.2) is 4.98 Å². The number of ether oxygens (including phenoxy) is 1. The zero-order valence-corrected chi connectivity index (χ0v) is 18.5. The Morgan fingerprint density at radius 2 is 1.75 bits per heavy atom. The molecule has 7 heteroatoms. The van der Waals surface area contributed by atoms with Crippen LogP contribution in [0.25, 0.3) is 0 Å². The lowest BCUT2D eigenvalue weighted by Gasteiger charge is -2.10. The summed E-state index contributed by atoms with van der Waals surface area (Å²) in [4.78, 5) is 17.9. The highest BCUT2D eigenvalue weighted by molar-refractivity contribution is 7.13. The lowest BCUT2D eigenvalue weighted by molar-refractivity contribution is 0.0952. The predicted octanol–water partition coefficient (Wildman–Crippen LogP) is 5.37. The average molecular weight is 445 g/mol. The molecule has 162 valence electrons. The normalized spacial score (nSPS) is 10.5. The molecule has 2 aromatic heterocycles. The van der Waals surface area contributed by atoms with Crippen LogP contribution in [-0.2, 0) is 13.1 Å².